The second-order valence-corrected chi connectivity index (χ2v) is 14.3. The molecular weight excluding hydrogens is 472 g/mol. The number of hydrogen-bond acceptors (Lipinski definition) is 7. The van der Waals surface area contributed by atoms with E-state index in [9.17, 15) is 24.9 Å². The van der Waals surface area contributed by atoms with Crippen LogP contribution in [0.15, 0.2) is 23.8 Å². The molecule has 4 aliphatic carbocycles. The normalized spacial score (nSPS) is 53.3. The van der Waals surface area contributed by atoms with Crippen molar-refractivity contribution in [1.82, 2.24) is 0 Å². The van der Waals surface area contributed by atoms with Crippen LogP contribution < -0.4 is 0 Å². The van der Waals surface area contributed by atoms with Crippen molar-refractivity contribution in [2.75, 3.05) is 0 Å². The predicted octanol–water partition coefficient (Wildman–Crippen LogP) is 3.45. The van der Waals surface area contributed by atoms with Crippen LogP contribution in [0.2, 0.25) is 0 Å². The molecule has 204 valence electrons. The van der Waals surface area contributed by atoms with E-state index >= 15 is 0 Å². The Bertz CT molecular complexity index is 1120. The quantitative estimate of drug-likeness (QED) is 0.484. The van der Waals surface area contributed by atoms with E-state index in [1.165, 1.54) is 6.08 Å². The number of aliphatic hydroxyl groups excluding tert-OH is 2. The first-order chi connectivity index (χ1) is 17.1. The van der Waals surface area contributed by atoms with Crippen LogP contribution in [0, 0.1) is 39.4 Å². The maximum absolute atomic E-state index is 12.5. The average molecular weight is 515 g/mol. The van der Waals surface area contributed by atoms with E-state index in [1.807, 2.05) is 26.0 Å². The monoisotopic (exact) mass is 514 g/mol. The zero-order valence-electron chi connectivity index (χ0n) is 22.9. The standard InChI is InChI=1S/C30H42O7/c1-16-7-8-21(36-24(16)34)28(6,35)18-9-11-26(4)19-13-17(31)23-25(2,3)37-22(33)10-12-29(23)15-30(19,29)14-20(32)27(18,26)5/h7,10,12,17-21,23,31-32,35H,8-9,11,13-15H2,1-6H3/t17-,18-,19-,20-,21+,23-,26-,27-,28+,29+,30-/m0/s1. The molecule has 0 radical (unpaired) electrons. The molecule has 2 spiro atoms. The van der Waals surface area contributed by atoms with Gasteiger partial charge < -0.3 is 24.8 Å². The van der Waals surface area contributed by atoms with Crippen molar-refractivity contribution in [2.24, 2.45) is 39.4 Å². The van der Waals surface area contributed by atoms with Crippen molar-refractivity contribution < 1.29 is 34.4 Å². The number of esters is 2. The van der Waals surface area contributed by atoms with Crippen molar-refractivity contribution in [3.05, 3.63) is 23.8 Å². The van der Waals surface area contributed by atoms with Crippen LogP contribution in [0.1, 0.15) is 80.1 Å². The van der Waals surface area contributed by atoms with Gasteiger partial charge in [0.15, 0.2) is 0 Å². The van der Waals surface area contributed by atoms with Gasteiger partial charge in [-0.3, -0.25) is 0 Å². The van der Waals surface area contributed by atoms with Crippen LogP contribution in [0.3, 0.4) is 0 Å². The minimum absolute atomic E-state index is 0.116. The molecule has 7 heteroatoms. The summed E-state index contributed by atoms with van der Waals surface area (Å²) in [6.45, 7) is 11.6. The molecule has 0 aromatic rings. The number of aliphatic hydroxyl groups is 3. The van der Waals surface area contributed by atoms with Crippen molar-refractivity contribution in [3.63, 3.8) is 0 Å². The van der Waals surface area contributed by atoms with E-state index in [-0.39, 0.29) is 34.6 Å². The molecule has 2 heterocycles. The van der Waals surface area contributed by atoms with Gasteiger partial charge in [-0.05, 0) is 82.5 Å². The van der Waals surface area contributed by atoms with Crippen LogP contribution >= 0.6 is 0 Å². The fourth-order valence-corrected chi connectivity index (χ4v) is 10.8. The maximum atomic E-state index is 12.5. The van der Waals surface area contributed by atoms with Crippen molar-refractivity contribution >= 4 is 11.9 Å². The van der Waals surface area contributed by atoms with Crippen LogP contribution in [-0.4, -0.2) is 56.8 Å². The Labute approximate surface area is 219 Å². The third-order valence-electron chi connectivity index (χ3n) is 12.6. The lowest BCUT2D eigenvalue weighted by Gasteiger charge is -2.64. The Morgan fingerprint density at radius 3 is 2.51 bits per heavy atom. The van der Waals surface area contributed by atoms with Gasteiger partial charge in [-0.1, -0.05) is 26.0 Å². The molecule has 3 N–H and O–H groups in total. The SMILES string of the molecule is CC1=CC[C@H]([C@](C)(O)[C@H]2CC[C@@]3(C)[C@@H]4C[C@H](O)[C@H]5C(C)(C)OC(=O)C=C[C@@]56C[C@@]46C[C@H](O)[C@]23C)OC1=O. The van der Waals surface area contributed by atoms with Gasteiger partial charge in [0.2, 0.25) is 0 Å². The summed E-state index contributed by atoms with van der Waals surface area (Å²) in [7, 11) is 0. The molecule has 4 fully saturated rings. The second-order valence-electron chi connectivity index (χ2n) is 14.3. The van der Waals surface area contributed by atoms with Crippen molar-refractivity contribution in [1.29, 1.82) is 0 Å². The smallest absolute Gasteiger partial charge is 0.333 e. The first-order valence-corrected chi connectivity index (χ1v) is 14.0. The fraction of sp³-hybridized carbons (Fsp3) is 0.800. The van der Waals surface area contributed by atoms with Gasteiger partial charge in [0.25, 0.3) is 0 Å². The number of fused-ring (bicyclic) bond motifs is 2. The highest BCUT2D eigenvalue weighted by atomic mass is 16.6. The summed E-state index contributed by atoms with van der Waals surface area (Å²) in [6, 6.07) is 0. The third-order valence-corrected chi connectivity index (χ3v) is 12.6. The zero-order valence-corrected chi connectivity index (χ0v) is 22.9. The lowest BCUT2D eigenvalue weighted by molar-refractivity contribution is -0.236. The molecule has 6 rings (SSSR count). The first-order valence-electron chi connectivity index (χ1n) is 14.0. The molecule has 0 amide bonds. The predicted molar refractivity (Wildman–Crippen MR) is 135 cm³/mol. The molecule has 0 bridgehead atoms. The van der Waals surface area contributed by atoms with Crippen LogP contribution in [0.4, 0.5) is 0 Å². The molecule has 11 atom stereocenters. The number of allylic oxidation sites excluding steroid dienone is 1. The van der Waals surface area contributed by atoms with Crippen LogP contribution in [-0.2, 0) is 19.1 Å². The number of hydrogen-bond donors (Lipinski definition) is 3. The highest BCUT2D eigenvalue weighted by Gasteiger charge is 2.85. The third kappa shape index (κ3) is 2.89. The lowest BCUT2D eigenvalue weighted by atomic mass is 9.42. The van der Waals surface area contributed by atoms with Gasteiger partial charge in [-0.15, -0.1) is 0 Å². The summed E-state index contributed by atoms with van der Waals surface area (Å²) >= 11 is 0. The van der Waals surface area contributed by atoms with Gasteiger partial charge in [-0.2, -0.15) is 0 Å². The molecule has 37 heavy (non-hydrogen) atoms. The first kappa shape index (κ1) is 25.6. The number of carbonyl (C=O) groups is 2. The highest BCUT2D eigenvalue weighted by Crippen LogP contribution is 2.87. The molecular formula is C30H42O7. The summed E-state index contributed by atoms with van der Waals surface area (Å²) in [5.41, 5.74) is -3.20. The number of rotatable bonds is 2. The second kappa shape index (κ2) is 7.28. The fourth-order valence-electron chi connectivity index (χ4n) is 10.8. The Kier molecular flexibility index (Phi) is 5.03. The molecule has 0 saturated heterocycles. The molecule has 7 nitrogen and oxygen atoms in total. The van der Waals surface area contributed by atoms with E-state index in [2.05, 4.69) is 13.8 Å². The van der Waals surface area contributed by atoms with E-state index in [0.29, 0.717) is 31.3 Å². The molecule has 6 aliphatic rings. The van der Waals surface area contributed by atoms with Gasteiger partial charge in [0.05, 0.1) is 12.2 Å². The number of ether oxygens (including phenoxy) is 2. The minimum atomic E-state index is -1.31. The van der Waals surface area contributed by atoms with Crippen LogP contribution in [0.25, 0.3) is 0 Å². The Morgan fingerprint density at radius 2 is 1.84 bits per heavy atom. The van der Waals surface area contributed by atoms with Gasteiger partial charge in [0, 0.05) is 34.8 Å². The highest BCUT2D eigenvalue weighted by molar-refractivity contribution is 5.88. The van der Waals surface area contributed by atoms with Crippen LogP contribution in [0.5, 0.6) is 0 Å². The largest absolute Gasteiger partial charge is 0.456 e. The number of cyclic esters (lactones) is 2. The minimum Gasteiger partial charge on any atom is -0.456 e. The number of carbonyl (C=O) groups excluding carboxylic acids is 2. The summed E-state index contributed by atoms with van der Waals surface area (Å²) < 4.78 is 11.5. The molecule has 0 aromatic carbocycles. The summed E-state index contributed by atoms with van der Waals surface area (Å²) in [5, 5.41) is 35.7. The van der Waals surface area contributed by atoms with Crippen molar-refractivity contribution in [3.8, 4) is 0 Å². The zero-order chi connectivity index (χ0) is 27.0. The van der Waals surface area contributed by atoms with E-state index in [4.69, 9.17) is 9.47 Å². The molecule has 2 aliphatic heterocycles. The van der Waals surface area contributed by atoms with E-state index < -0.39 is 46.3 Å². The van der Waals surface area contributed by atoms with E-state index in [1.54, 1.807) is 13.8 Å². The summed E-state index contributed by atoms with van der Waals surface area (Å²) in [6.07, 6.45) is 7.27. The summed E-state index contributed by atoms with van der Waals surface area (Å²) in [4.78, 5) is 24.8. The average Bonchev–Trinajstić information content (AvgIpc) is 3.36. The lowest BCUT2D eigenvalue weighted by Crippen LogP contribution is -2.66. The Balaban J connectivity index is 1.40. The van der Waals surface area contributed by atoms with Gasteiger partial charge in [0.1, 0.15) is 17.3 Å². The van der Waals surface area contributed by atoms with Crippen molar-refractivity contribution in [2.45, 2.75) is 110 Å². The Morgan fingerprint density at radius 1 is 1.14 bits per heavy atom. The molecule has 0 unspecified atom stereocenters. The summed E-state index contributed by atoms with van der Waals surface area (Å²) in [5.74, 6) is -1.18. The topological polar surface area (TPSA) is 113 Å². The van der Waals surface area contributed by atoms with Gasteiger partial charge >= 0.3 is 11.9 Å². The van der Waals surface area contributed by atoms with E-state index in [0.717, 1.165) is 12.8 Å². The Hall–Kier alpha value is -1.70. The molecule has 4 saturated carbocycles. The van der Waals surface area contributed by atoms with Gasteiger partial charge in [-0.25, -0.2) is 9.59 Å². The maximum Gasteiger partial charge on any atom is 0.333 e. The molecule has 0 aromatic heterocycles.